The highest BCUT2D eigenvalue weighted by atomic mass is 19.1. The number of benzene rings is 1. The molecule has 24 heavy (non-hydrogen) atoms. The van der Waals surface area contributed by atoms with Crippen LogP contribution in [-0.4, -0.2) is 54.5 Å². The van der Waals surface area contributed by atoms with E-state index in [9.17, 15) is 4.39 Å². The Morgan fingerprint density at radius 2 is 2.00 bits per heavy atom. The van der Waals surface area contributed by atoms with Crippen LogP contribution in [-0.2, 0) is 13.5 Å². The molecule has 6 heteroatoms. The molecule has 1 saturated heterocycles. The second-order valence-electron chi connectivity index (χ2n) is 6.27. The van der Waals surface area contributed by atoms with Gasteiger partial charge in [0.15, 0.2) is 0 Å². The molecule has 2 heterocycles. The number of ether oxygens (including phenoxy) is 1. The third-order valence-corrected chi connectivity index (χ3v) is 4.55. The van der Waals surface area contributed by atoms with E-state index in [2.05, 4.69) is 21.1 Å². The molecule has 0 spiro atoms. The zero-order chi connectivity index (χ0) is 16.9. The fraction of sp³-hybridized carbons (Fsp3) is 0.500. The Morgan fingerprint density at radius 3 is 2.67 bits per heavy atom. The predicted octanol–water partition coefficient (Wildman–Crippen LogP) is 2.32. The summed E-state index contributed by atoms with van der Waals surface area (Å²) in [4.78, 5) is 4.76. The summed E-state index contributed by atoms with van der Waals surface area (Å²) in [5, 5.41) is 4.21. The van der Waals surface area contributed by atoms with Crippen LogP contribution in [0.4, 0.5) is 10.1 Å². The number of halogens is 1. The van der Waals surface area contributed by atoms with Crippen molar-refractivity contribution in [2.24, 2.45) is 7.05 Å². The molecule has 1 fully saturated rings. The molecule has 130 valence electrons. The van der Waals surface area contributed by atoms with Gasteiger partial charge in [0.05, 0.1) is 19.0 Å². The molecule has 1 aromatic carbocycles. The lowest BCUT2D eigenvalue weighted by molar-refractivity contribution is 0.254. The van der Waals surface area contributed by atoms with Crippen LogP contribution in [0.1, 0.15) is 12.0 Å². The molecule has 0 amide bonds. The minimum atomic E-state index is -0.260. The van der Waals surface area contributed by atoms with E-state index in [1.54, 1.807) is 7.11 Å². The number of nitrogens with zero attached hydrogens (tertiary/aromatic N) is 4. The van der Waals surface area contributed by atoms with Crippen LogP contribution in [0.5, 0.6) is 5.75 Å². The first-order valence-electron chi connectivity index (χ1n) is 8.44. The number of hydrogen-bond acceptors (Lipinski definition) is 4. The normalized spacial score (nSPS) is 15.7. The molecule has 0 N–H and O–H groups in total. The van der Waals surface area contributed by atoms with Gasteiger partial charge in [-0.15, -0.1) is 0 Å². The first-order valence-corrected chi connectivity index (χ1v) is 8.44. The Kier molecular flexibility index (Phi) is 5.35. The van der Waals surface area contributed by atoms with E-state index in [-0.39, 0.29) is 5.82 Å². The number of aryl methyl sites for hydroxylation is 2. The largest absolute Gasteiger partial charge is 0.494 e. The molecule has 2 aromatic rings. The lowest BCUT2D eigenvalue weighted by Crippen LogP contribution is -2.46. The Hall–Kier alpha value is -2.08. The second-order valence-corrected chi connectivity index (χ2v) is 6.27. The monoisotopic (exact) mass is 332 g/mol. The fourth-order valence-corrected chi connectivity index (χ4v) is 3.23. The lowest BCUT2D eigenvalue weighted by atomic mass is 10.1. The summed E-state index contributed by atoms with van der Waals surface area (Å²) in [6.07, 6.45) is 6.24. The van der Waals surface area contributed by atoms with Crippen LogP contribution < -0.4 is 9.64 Å². The van der Waals surface area contributed by atoms with E-state index < -0.39 is 0 Å². The van der Waals surface area contributed by atoms with Gasteiger partial charge in [-0.05, 0) is 37.1 Å². The van der Waals surface area contributed by atoms with Gasteiger partial charge in [0, 0.05) is 45.5 Å². The third-order valence-electron chi connectivity index (χ3n) is 4.55. The van der Waals surface area contributed by atoms with Gasteiger partial charge in [-0.25, -0.2) is 4.39 Å². The number of methoxy groups -OCH3 is 1. The number of piperazine rings is 1. The highest BCUT2D eigenvalue weighted by molar-refractivity contribution is 5.58. The fourth-order valence-electron chi connectivity index (χ4n) is 3.23. The van der Waals surface area contributed by atoms with Gasteiger partial charge in [-0.2, -0.15) is 5.10 Å². The van der Waals surface area contributed by atoms with E-state index in [1.165, 1.54) is 17.7 Å². The maximum absolute atomic E-state index is 13.3. The van der Waals surface area contributed by atoms with Crippen LogP contribution in [0.25, 0.3) is 0 Å². The zero-order valence-corrected chi connectivity index (χ0v) is 14.4. The summed E-state index contributed by atoms with van der Waals surface area (Å²) in [7, 11) is 3.54. The van der Waals surface area contributed by atoms with Gasteiger partial charge in [-0.3, -0.25) is 9.58 Å². The van der Waals surface area contributed by atoms with E-state index in [1.807, 2.05) is 24.0 Å². The topological polar surface area (TPSA) is 33.5 Å². The molecular weight excluding hydrogens is 307 g/mol. The number of aromatic nitrogens is 2. The molecule has 0 unspecified atom stereocenters. The molecule has 0 bridgehead atoms. The van der Waals surface area contributed by atoms with Crippen molar-refractivity contribution in [1.82, 2.24) is 14.7 Å². The highest BCUT2D eigenvalue weighted by Crippen LogP contribution is 2.29. The summed E-state index contributed by atoms with van der Waals surface area (Å²) in [5.74, 6) is 0.352. The highest BCUT2D eigenvalue weighted by Gasteiger charge is 2.19. The average molecular weight is 332 g/mol. The van der Waals surface area contributed by atoms with Crippen molar-refractivity contribution in [3.63, 3.8) is 0 Å². The SMILES string of the molecule is COc1cc(F)ccc1N1CCN(CCCc2cnn(C)c2)CC1. The lowest BCUT2D eigenvalue weighted by Gasteiger charge is -2.36. The molecule has 0 saturated carbocycles. The maximum Gasteiger partial charge on any atom is 0.145 e. The van der Waals surface area contributed by atoms with Crippen molar-refractivity contribution in [3.8, 4) is 5.75 Å². The van der Waals surface area contributed by atoms with Crippen LogP contribution in [0, 0.1) is 5.82 Å². The van der Waals surface area contributed by atoms with Gasteiger partial charge in [0.25, 0.3) is 0 Å². The van der Waals surface area contributed by atoms with Gasteiger partial charge in [-0.1, -0.05) is 0 Å². The molecule has 0 aliphatic carbocycles. The minimum Gasteiger partial charge on any atom is -0.494 e. The van der Waals surface area contributed by atoms with Crippen molar-refractivity contribution < 1.29 is 9.13 Å². The molecule has 1 aromatic heterocycles. The smallest absolute Gasteiger partial charge is 0.145 e. The van der Waals surface area contributed by atoms with Crippen molar-refractivity contribution in [1.29, 1.82) is 0 Å². The van der Waals surface area contributed by atoms with Gasteiger partial charge in [0.1, 0.15) is 11.6 Å². The quantitative estimate of drug-likeness (QED) is 0.813. The zero-order valence-electron chi connectivity index (χ0n) is 14.4. The van der Waals surface area contributed by atoms with Crippen LogP contribution >= 0.6 is 0 Å². The van der Waals surface area contributed by atoms with Crippen LogP contribution in [0.3, 0.4) is 0 Å². The van der Waals surface area contributed by atoms with Crippen molar-refractivity contribution in [2.75, 3.05) is 44.7 Å². The van der Waals surface area contributed by atoms with E-state index in [0.29, 0.717) is 5.75 Å². The van der Waals surface area contributed by atoms with Crippen molar-refractivity contribution >= 4 is 5.69 Å². The summed E-state index contributed by atoms with van der Waals surface area (Å²) >= 11 is 0. The molecular formula is C18H25FN4O. The Bertz CT molecular complexity index is 665. The van der Waals surface area contributed by atoms with Gasteiger partial charge < -0.3 is 9.64 Å². The second kappa shape index (κ2) is 7.66. The summed E-state index contributed by atoms with van der Waals surface area (Å²) < 4.78 is 20.5. The Balaban J connectivity index is 1.47. The maximum atomic E-state index is 13.3. The van der Waals surface area contributed by atoms with Gasteiger partial charge in [0.2, 0.25) is 0 Å². The van der Waals surface area contributed by atoms with E-state index >= 15 is 0 Å². The molecule has 1 aliphatic rings. The minimum absolute atomic E-state index is 0.260. The molecule has 5 nitrogen and oxygen atoms in total. The summed E-state index contributed by atoms with van der Waals surface area (Å²) in [6.45, 7) is 5.02. The standard InChI is InChI=1S/C18H25FN4O/c1-21-14-15(13-20-21)4-3-7-22-8-10-23(11-9-22)17-6-5-16(19)12-18(17)24-2/h5-6,12-14H,3-4,7-11H2,1-2H3. The summed E-state index contributed by atoms with van der Waals surface area (Å²) in [6, 6.07) is 4.76. The molecule has 0 atom stereocenters. The van der Waals surface area contributed by atoms with E-state index in [4.69, 9.17) is 4.74 Å². The van der Waals surface area contributed by atoms with E-state index in [0.717, 1.165) is 51.3 Å². The predicted molar refractivity (Wildman–Crippen MR) is 93.1 cm³/mol. The molecule has 0 radical (unpaired) electrons. The summed E-state index contributed by atoms with van der Waals surface area (Å²) in [5.41, 5.74) is 2.28. The Morgan fingerprint density at radius 1 is 1.21 bits per heavy atom. The Labute approximate surface area is 142 Å². The first kappa shape index (κ1) is 16.8. The number of rotatable bonds is 6. The molecule has 3 rings (SSSR count). The van der Waals surface area contributed by atoms with Crippen LogP contribution in [0.15, 0.2) is 30.6 Å². The number of hydrogen-bond donors (Lipinski definition) is 0. The van der Waals surface area contributed by atoms with Gasteiger partial charge >= 0.3 is 0 Å². The van der Waals surface area contributed by atoms with Crippen molar-refractivity contribution in [3.05, 3.63) is 42.0 Å². The van der Waals surface area contributed by atoms with Crippen LogP contribution in [0.2, 0.25) is 0 Å². The average Bonchev–Trinajstić information content (AvgIpc) is 3.01. The number of anilines is 1. The third kappa shape index (κ3) is 4.06. The molecule has 1 aliphatic heterocycles. The first-order chi connectivity index (χ1) is 11.7. The van der Waals surface area contributed by atoms with Crippen molar-refractivity contribution in [2.45, 2.75) is 12.8 Å².